The fraction of sp³-hybridized carbons (Fsp3) is 0.133. The summed E-state index contributed by atoms with van der Waals surface area (Å²) in [7, 11) is 1.66. The molecule has 0 aliphatic heterocycles. The number of halogens is 1. The largest absolute Gasteiger partial charge is 0.497 e. The number of rotatable bonds is 4. The molecule has 0 fully saturated rings. The molecular formula is C15H15IN2OS. The lowest BCUT2D eigenvalue weighted by Gasteiger charge is -2.12. The molecule has 0 atom stereocenters. The lowest BCUT2D eigenvalue weighted by atomic mass is 10.2. The third kappa shape index (κ3) is 4.35. The van der Waals surface area contributed by atoms with Gasteiger partial charge in [0.05, 0.1) is 12.8 Å². The molecule has 0 bridgehead atoms. The number of thiocarbonyl (C=S) groups is 1. The van der Waals surface area contributed by atoms with Crippen LogP contribution in [-0.2, 0) is 6.54 Å². The zero-order chi connectivity index (χ0) is 14.4. The summed E-state index contributed by atoms with van der Waals surface area (Å²) in [5.74, 6) is 0.848. The van der Waals surface area contributed by atoms with E-state index < -0.39 is 0 Å². The first-order valence-corrected chi connectivity index (χ1v) is 7.60. The maximum absolute atomic E-state index is 5.30. The fourth-order valence-electron chi connectivity index (χ4n) is 1.69. The van der Waals surface area contributed by atoms with Gasteiger partial charge in [-0.3, -0.25) is 0 Å². The Hall–Kier alpha value is -1.34. The first-order chi connectivity index (χ1) is 9.69. The minimum Gasteiger partial charge on any atom is -0.497 e. The lowest BCUT2D eigenvalue weighted by Crippen LogP contribution is -2.28. The van der Waals surface area contributed by atoms with Gasteiger partial charge in [-0.1, -0.05) is 24.3 Å². The molecule has 0 amide bonds. The molecule has 104 valence electrons. The van der Waals surface area contributed by atoms with E-state index >= 15 is 0 Å². The highest BCUT2D eigenvalue weighted by atomic mass is 127. The molecule has 20 heavy (non-hydrogen) atoms. The van der Waals surface area contributed by atoms with Gasteiger partial charge in [0.2, 0.25) is 0 Å². The van der Waals surface area contributed by atoms with Crippen molar-refractivity contribution in [3.8, 4) is 5.75 Å². The van der Waals surface area contributed by atoms with Crippen molar-refractivity contribution in [1.29, 1.82) is 0 Å². The topological polar surface area (TPSA) is 33.3 Å². The average Bonchev–Trinajstić information content (AvgIpc) is 2.48. The van der Waals surface area contributed by atoms with Gasteiger partial charge in [-0.25, -0.2) is 0 Å². The van der Waals surface area contributed by atoms with E-state index in [0.717, 1.165) is 20.6 Å². The zero-order valence-corrected chi connectivity index (χ0v) is 14.0. The van der Waals surface area contributed by atoms with E-state index in [4.69, 9.17) is 17.0 Å². The molecule has 5 heteroatoms. The van der Waals surface area contributed by atoms with Crippen molar-refractivity contribution in [3.63, 3.8) is 0 Å². The first kappa shape index (κ1) is 15.1. The summed E-state index contributed by atoms with van der Waals surface area (Å²) < 4.78 is 6.33. The quantitative estimate of drug-likeness (QED) is 0.607. The van der Waals surface area contributed by atoms with E-state index in [1.807, 2.05) is 48.5 Å². The minimum atomic E-state index is 0.608. The third-order valence-corrected chi connectivity index (χ3v) is 3.90. The number of ether oxygens (including phenoxy) is 1. The molecule has 0 aliphatic carbocycles. The first-order valence-electron chi connectivity index (χ1n) is 6.11. The van der Waals surface area contributed by atoms with Gasteiger partial charge in [0, 0.05) is 10.1 Å². The van der Waals surface area contributed by atoms with E-state index in [-0.39, 0.29) is 0 Å². The molecule has 0 saturated carbocycles. The average molecular weight is 398 g/mol. The van der Waals surface area contributed by atoms with Crippen LogP contribution in [0.25, 0.3) is 0 Å². The molecule has 2 rings (SSSR count). The van der Waals surface area contributed by atoms with Gasteiger partial charge in [0.15, 0.2) is 5.11 Å². The van der Waals surface area contributed by atoms with E-state index in [2.05, 4.69) is 33.2 Å². The molecule has 2 aromatic carbocycles. The van der Waals surface area contributed by atoms with Gasteiger partial charge in [-0.15, -0.1) is 0 Å². The molecule has 0 spiro atoms. The predicted molar refractivity (Wildman–Crippen MR) is 95.2 cm³/mol. The van der Waals surface area contributed by atoms with Crippen LogP contribution in [0.2, 0.25) is 0 Å². The van der Waals surface area contributed by atoms with Crippen molar-refractivity contribution in [2.75, 3.05) is 12.4 Å². The zero-order valence-electron chi connectivity index (χ0n) is 11.0. The maximum atomic E-state index is 5.30. The highest BCUT2D eigenvalue weighted by Gasteiger charge is 2.02. The number of nitrogens with one attached hydrogen (secondary N) is 2. The molecule has 0 saturated heterocycles. The molecule has 0 unspecified atom stereocenters. The van der Waals surface area contributed by atoms with E-state index in [0.29, 0.717) is 11.7 Å². The summed E-state index contributed by atoms with van der Waals surface area (Å²) in [5, 5.41) is 6.99. The second kappa shape index (κ2) is 7.44. The standard InChI is InChI=1S/C15H15IN2OS/c1-19-12-6-4-5-11(9-12)10-17-15(20)18-14-8-3-2-7-13(14)16/h2-9H,10H2,1H3,(H2,17,18,20). The summed E-state index contributed by atoms with van der Waals surface area (Å²) in [6.45, 7) is 0.659. The summed E-state index contributed by atoms with van der Waals surface area (Å²) in [6, 6.07) is 15.9. The molecule has 2 N–H and O–H groups in total. The predicted octanol–water partition coefficient (Wildman–Crippen LogP) is 3.79. The van der Waals surface area contributed by atoms with Crippen LogP contribution in [0.3, 0.4) is 0 Å². The highest BCUT2D eigenvalue weighted by molar-refractivity contribution is 14.1. The number of anilines is 1. The smallest absolute Gasteiger partial charge is 0.171 e. The summed E-state index contributed by atoms with van der Waals surface area (Å²) in [5.41, 5.74) is 2.13. The van der Waals surface area contributed by atoms with Crippen LogP contribution in [0.4, 0.5) is 5.69 Å². The molecule has 3 nitrogen and oxygen atoms in total. The van der Waals surface area contributed by atoms with Gasteiger partial charge in [-0.05, 0) is 64.6 Å². The molecule has 0 radical (unpaired) electrons. The summed E-state index contributed by atoms with van der Waals surface area (Å²) in [6.07, 6.45) is 0. The number of para-hydroxylation sites is 1. The van der Waals surface area contributed by atoms with Crippen molar-refractivity contribution in [2.24, 2.45) is 0 Å². The normalized spacial score (nSPS) is 9.90. The minimum absolute atomic E-state index is 0.608. The molecule has 0 aromatic heterocycles. The van der Waals surface area contributed by atoms with E-state index in [1.54, 1.807) is 7.11 Å². The van der Waals surface area contributed by atoms with Crippen molar-refractivity contribution in [3.05, 3.63) is 57.7 Å². The summed E-state index contributed by atoms with van der Waals surface area (Å²) in [4.78, 5) is 0. The van der Waals surface area contributed by atoms with Gasteiger partial charge in [-0.2, -0.15) is 0 Å². The Morgan fingerprint density at radius 1 is 1.20 bits per heavy atom. The van der Waals surface area contributed by atoms with Crippen LogP contribution >= 0.6 is 34.8 Å². The number of hydrogen-bond acceptors (Lipinski definition) is 2. The second-order valence-electron chi connectivity index (χ2n) is 4.14. The van der Waals surface area contributed by atoms with Crippen LogP contribution in [0.15, 0.2) is 48.5 Å². The maximum Gasteiger partial charge on any atom is 0.171 e. The van der Waals surface area contributed by atoms with Crippen molar-refractivity contribution < 1.29 is 4.74 Å². The van der Waals surface area contributed by atoms with Crippen LogP contribution in [0, 0.1) is 3.57 Å². The fourth-order valence-corrected chi connectivity index (χ4v) is 2.40. The Kier molecular flexibility index (Phi) is 5.60. The Morgan fingerprint density at radius 3 is 2.75 bits per heavy atom. The SMILES string of the molecule is COc1cccc(CNC(=S)Nc2ccccc2I)c1. The number of benzene rings is 2. The molecular weight excluding hydrogens is 383 g/mol. The Morgan fingerprint density at radius 2 is 2.00 bits per heavy atom. The highest BCUT2D eigenvalue weighted by Crippen LogP contribution is 2.17. The summed E-state index contributed by atoms with van der Waals surface area (Å²) >= 11 is 7.58. The van der Waals surface area contributed by atoms with Gasteiger partial charge in [0.1, 0.15) is 5.75 Å². The number of hydrogen-bond donors (Lipinski definition) is 2. The van der Waals surface area contributed by atoms with Crippen LogP contribution < -0.4 is 15.4 Å². The Bertz CT molecular complexity index is 604. The Labute approximate surface area is 137 Å². The third-order valence-electron chi connectivity index (χ3n) is 2.71. The van der Waals surface area contributed by atoms with Gasteiger partial charge < -0.3 is 15.4 Å². The monoisotopic (exact) mass is 398 g/mol. The van der Waals surface area contributed by atoms with Crippen LogP contribution in [0.1, 0.15) is 5.56 Å². The lowest BCUT2D eigenvalue weighted by molar-refractivity contribution is 0.414. The molecule has 0 aliphatic rings. The van der Waals surface area contributed by atoms with Crippen molar-refractivity contribution in [1.82, 2.24) is 5.32 Å². The Balaban J connectivity index is 1.90. The second-order valence-corrected chi connectivity index (χ2v) is 5.71. The number of methoxy groups -OCH3 is 1. The van der Waals surface area contributed by atoms with Crippen molar-refractivity contribution >= 4 is 45.6 Å². The van der Waals surface area contributed by atoms with Gasteiger partial charge >= 0.3 is 0 Å². The van der Waals surface area contributed by atoms with Crippen molar-refractivity contribution in [2.45, 2.75) is 6.54 Å². The van der Waals surface area contributed by atoms with Gasteiger partial charge in [0.25, 0.3) is 0 Å². The molecule has 0 heterocycles. The van der Waals surface area contributed by atoms with E-state index in [1.165, 1.54) is 0 Å². The van der Waals surface area contributed by atoms with E-state index in [9.17, 15) is 0 Å². The molecule has 2 aromatic rings. The van der Waals surface area contributed by atoms with Crippen LogP contribution in [0.5, 0.6) is 5.75 Å². The van der Waals surface area contributed by atoms with Crippen LogP contribution in [-0.4, -0.2) is 12.2 Å².